The topological polar surface area (TPSA) is 85.7 Å². The Balaban J connectivity index is 1.39. The fourth-order valence-electron chi connectivity index (χ4n) is 3.93. The quantitative estimate of drug-likeness (QED) is 0.672. The number of carboxylic acids is 1. The second kappa shape index (κ2) is 6.99. The fraction of sp³-hybridized carbons (Fsp3) is 0.208. The Morgan fingerprint density at radius 3 is 2.57 bits per heavy atom. The molecule has 0 atom stereocenters. The zero-order chi connectivity index (χ0) is 20.7. The molecule has 0 amide bonds. The molecule has 150 valence electrons. The van der Waals surface area contributed by atoms with Gasteiger partial charge < -0.3 is 14.6 Å². The third-order valence-corrected chi connectivity index (χ3v) is 5.76. The van der Waals surface area contributed by atoms with E-state index < -0.39 is 11.4 Å². The van der Waals surface area contributed by atoms with Crippen molar-refractivity contribution < 1.29 is 24.2 Å². The Morgan fingerprint density at radius 1 is 0.967 bits per heavy atom. The highest BCUT2D eigenvalue weighted by atomic mass is 16.7. The molecule has 2 aliphatic rings. The van der Waals surface area contributed by atoms with Crippen LogP contribution in [0.2, 0.25) is 0 Å². The van der Waals surface area contributed by atoms with Crippen molar-refractivity contribution in [2.75, 3.05) is 6.79 Å². The highest BCUT2D eigenvalue weighted by Crippen LogP contribution is 2.51. The number of ether oxygens (including phenoxy) is 2. The van der Waals surface area contributed by atoms with E-state index in [-0.39, 0.29) is 24.6 Å². The Labute approximate surface area is 173 Å². The van der Waals surface area contributed by atoms with Gasteiger partial charge in [0.05, 0.1) is 16.7 Å². The highest BCUT2D eigenvalue weighted by molar-refractivity contribution is 5.94. The van der Waals surface area contributed by atoms with Crippen LogP contribution in [-0.2, 0) is 16.6 Å². The number of fused-ring (bicyclic) bond motifs is 1. The molecule has 0 spiro atoms. The molecule has 0 bridgehead atoms. The van der Waals surface area contributed by atoms with Gasteiger partial charge in [0.2, 0.25) is 6.79 Å². The summed E-state index contributed by atoms with van der Waals surface area (Å²) in [5, 5.41) is 9.21. The molecule has 1 aliphatic carbocycles. The van der Waals surface area contributed by atoms with E-state index in [1.807, 2.05) is 42.5 Å². The lowest BCUT2D eigenvalue weighted by Gasteiger charge is -2.15. The van der Waals surface area contributed by atoms with E-state index in [1.165, 1.54) is 0 Å². The van der Waals surface area contributed by atoms with Crippen molar-refractivity contribution >= 4 is 11.8 Å². The monoisotopic (exact) mass is 401 g/mol. The molecule has 1 fully saturated rings. The van der Waals surface area contributed by atoms with Crippen molar-refractivity contribution in [3.8, 4) is 22.8 Å². The molecular formula is C24H19NO5. The van der Waals surface area contributed by atoms with E-state index >= 15 is 0 Å². The molecule has 3 aromatic rings. The van der Waals surface area contributed by atoms with Crippen LogP contribution in [0, 0.1) is 0 Å². The largest absolute Gasteiger partial charge is 0.478 e. The lowest BCUT2D eigenvalue weighted by molar-refractivity contribution is -0.120. The number of carboxylic acid groups (broad SMARTS) is 1. The summed E-state index contributed by atoms with van der Waals surface area (Å²) >= 11 is 0. The molecule has 5 rings (SSSR count). The number of pyridine rings is 1. The van der Waals surface area contributed by atoms with E-state index in [0.717, 1.165) is 18.4 Å². The summed E-state index contributed by atoms with van der Waals surface area (Å²) in [6.45, 7) is 0.208. The molecule has 1 N–H and O–H groups in total. The van der Waals surface area contributed by atoms with E-state index in [1.54, 1.807) is 18.2 Å². The first-order valence-corrected chi connectivity index (χ1v) is 9.78. The lowest BCUT2D eigenvalue weighted by Crippen LogP contribution is -2.23. The number of hydrogen-bond donors (Lipinski definition) is 1. The minimum Gasteiger partial charge on any atom is -0.478 e. The summed E-state index contributed by atoms with van der Waals surface area (Å²) in [5.41, 5.74) is 2.71. The predicted octanol–water partition coefficient (Wildman–Crippen LogP) is 4.02. The minimum absolute atomic E-state index is 0.130. The third-order valence-electron chi connectivity index (χ3n) is 5.76. The van der Waals surface area contributed by atoms with E-state index in [4.69, 9.17) is 9.47 Å². The van der Waals surface area contributed by atoms with Crippen molar-refractivity contribution in [3.63, 3.8) is 0 Å². The first-order valence-electron chi connectivity index (χ1n) is 9.78. The predicted molar refractivity (Wildman–Crippen MR) is 109 cm³/mol. The van der Waals surface area contributed by atoms with Crippen molar-refractivity contribution in [3.05, 3.63) is 77.5 Å². The molecule has 2 aromatic carbocycles. The van der Waals surface area contributed by atoms with Gasteiger partial charge >= 0.3 is 5.97 Å². The molecule has 0 radical (unpaired) electrons. The van der Waals surface area contributed by atoms with Gasteiger partial charge in [-0.05, 0) is 54.8 Å². The number of carbonyl (C=O) groups is 2. The minimum atomic E-state index is -0.984. The molecule has 1 aromatic heterocycles. The average Bonchev–Trinajstić information content (AvgIpc) is 3.45. The van der Waals surface area contributed by atoms with Gasteiger partial charge in [-0.1, -0.05) is 24.3 Å². The number of benzene rings is 2. The van der Waals surface area contributed by atoms with Gasteiger partial charge in [-0.15, -0.1) is 0 Å². The Bertz CT molecular complexity index is 1170. The molecule has 2 heterocycles. The third kappa shape index (κ3) is 3.20. The average molecular weight is 401 g/mol. The summed E-state index contributed by atoms with van der Waals surface area (Å²) in [6.07, 6.45) is 1.85. The number of aromatic carboxylic acids is 1. The van der Waals surface area contributed by atoms with Crippen molar-refractivity contribution in [2.24, 2.45) is 0 Å². The normalized spacial score (nSPS) is 15.6. The van der Waals surface area contributed by atoms with Gasteiger partial charge in [-0.3, -0.25) is 9.78 Å². The summed E-state index contributed by atoms with van der Waals surface area (Å²) < 4.78 is 10.8. The highest BCUT2D eigenvalue weighted by Gasteiger charge is 2.50. The summed E-state index contributed by atoms with van der Waals surface area (Å²) in [4.78, 5) is 29.1. The first kappa shape index (κ1) is 18.4. The van der Waals surface area contributed by atoms with Crippen LogP contribution >= 0.6 is 0 Å². The van der Waals surface area contributed by atoms with Gasteiger partial charge in [0, 0.05) is 17.7 Å². The Morgan fingerprint density at radius 2 is 1.77 bits per heavy atom. The molecule has 6 nitrogen and oxygen atoms in total. The van der Waals surface area contributed by atoms with Crippen LogP contribution in [0.3, 0.4) is 0 Å². The maximum Gasteiger partial charge on any atom is 0.335 e. The van der Waals surface area contributed by atoms with Crippen molar-refractivity contribution in [1.82, 2.24) is 4.98 Å². The summed E-state index contributed by atoms with van der Waals surface area (Å²) in [5.74, 6) is 0.540. The first-order chi connectivity index (χ1) is 14.5. The molecule has 1 saturated carbocycles. The number of ketones is 1. The fourth-order valence-corrected chi connectivity index (χ4v) is 3.93. The van der Waals surface area contributed by atoms with Crippen LogP contribution in [0.5, 0.6) is 11.5 Å². The Kier molecular flexibility index (Phi) is 4.28. The van der Waals surface area contributed by atoms with Gasteiger partial charge in [0.25, 0.3) is 0 Å². The van der Waals surface area contributed by atoms with Gasteiger partial charge in [0.1, 0.15) is 5.78 Å². The van der Waals surface area contributed by atoms with Gasteiger partial charge in [-0.25, -0.2) is 4.79 Å². The van der Waals surface area contributed by atoms with Crippen LogP contribution in [-0.4, -0.2) is 28.6 Å². The van der Waals surface area contributed by atoms with Crippen LogP contribution in [0.15, 0.2) is 60.7 Å². The molecular weight excluding hydrogens is 382 g/mol. The van der Waals surface area contributed by atoms with Gasteiger partial charge in [-0.2, -0.15) is 0 Å². The second-order valence-electron chi connectivity index (χ2n) is 7.65. The number of aromatic nitrogens is 1. The number of carbonyl (C=O) groups excluding carboxylic acids is 1. The Hall–Kier alpha value is -3.67. The van der Waals surface area contributed by atoms with Crippen molar-refractivity contribution in [2.45, 2.75) is 24.7 Å². The molecule has 1 aliphatic heterocycles. The number of hydrogen-bond acceptors (Lipinski definition) is 5. The zero-order valence-electron chi connectivity index (χ0n) is 16.1. The zero-order valence-corrected chi connectivity index (χ0v) is 16.1. The number of rotatable bonds is 6. The summed E-state index contributed by atoms with van der Waals surface area (Å²) in [7, 11) is 0. The van der Waals surface area contributed by atoms with E-state index in [9.17, 15) is 14.7 Å². The van der Waals surface area contributed by atoms with Crippen LogP contribution < -0.4 is 9.47 Å². The van der Waals surface area contributed by atoms with E-state index in [0.29, 0.717) is 28.5 Å². The lowest BCUT2D eigenvalue weighted by atomic mass is 9.88. The van der Waals surface area contributed by atoms with Crippen LogP contribution in [0.1, 0.15) is 34.5 Å². The molecule has 0 saturated heterocycles. The van der Waals surface area contributed by atoms with Crippen molar-refractivity contribution in [1.29, 1.82) is 0 Å². The molecule has 0 unspecified atom stereocenters. The standard InChI is InChI=1S/C24H19NO5/c26-22(24(9-10-24)17-7-8-20-21(12-17)30-14-29-20)13-18-5-2-6-19(25-18)15-3-1-4-16(11-15)23(27)28/h1-8,11-12H,9-10,13-14H2,(H,27,28). The van der Waals surface area contributed by atoms with Gasteiger partial charge in [0.15, 0.2) is 11.5 Å². The number of nitrogens with zero attached hydrogens (tertiary/aromatic N) is 1. The maximum atomic E-state index is 13.2. The van der Waals surface area contributed by atoms with Crippen LogP contribution in [0.4, 0.5) is 0 Å². The SMILES string of the molecule is O=C(O)c1cccc(-c2cccc(CC(=O)C3(c4ccc5c(c4)OCO5)CC3)n2)c1. The number of Topliss-reactive ketones (excluding diaryl/α,β-unsaturated/α-hetero) is 1. The smallest absolute Gasteiger partial charge is 0.335 e. The molecule has 6 heteroatoms. The maximum absolute atomic E-state index is 13.2. The molecule has 30 heavy (non-hydrogen) atoms. The van der Waals surface area contributed by atoms with E-state index in [2.05, 4.69) is 4.98 Å². The second-order valence-corrected chi connectivity index (χ2v) is 7.65. The van der Waals surface area contributed by atoms with Crippen LogP contribution in [0.25, 0.3) is 11.3 Å². The summed E-state index contributed by atoms with van der Waals surface area (Å²) in [6, 6.07) is 17.9.